The third-order valence-corrected chi connectivity index (χ3v) is 7.67. The van der Waals surface area contributed by atoms with Crippen molar-refractivity contribution in [3.8, 4) is 35.2 Å². The lowest BCUT2D eigenvalue weighted by atomic mass is 10.00. The van der Waals surface area contributed by atoms with Crippen molar-refractivity contribution in [1.82, 2.24) is 0 Å². The molecule has 4 aromatic rings. The molecule has 6 nitrogen and oxygen atoms in total. The van der Waals surface area contributed by atoms with Crippen molar-refractivity contribution in [2.45, 2.75) is 51.9 Å². The molecule has 0 spiro atoms. The first kappa shape index (κ1) is 37.1. The Morgan fingerprint density at radius 1 is 0.580 bits per heavy atom. The summed E-state index contributed by atoms with van der Waals surface area (Å²) in [5, 5.41) is 2.15. The van der Waals surface area contributed by atoms with Crippen molar-refractivity contribution in [2.24, 2.45) is 0 Å². The van der Waals surface area contributed by atoms with Crippen LogP contribution in [-0.2, 0) is 25.5 Å². The van der Waals surface area contributed by atoms with E-state index in [1.807, 2.05) is 54.6 Å². The van der Waals surface area contributed by atoms with Crippen molar-refractivity contribution < 1.29 is 28.5 Å². The third kappa shape index (κ3) is 12.7. The molecule has 4 rings (SSSR count). The molecule has 0 aliphatic carbocycles. The SMILES string of the molecule is C=CC(=O)OCCCCCCOc1ccc(C#Cc2ccc(C#Cc3ccc4cc(OCCCOC(=O)C=C)ccc4c3)cc2CCC)cc1. The lowest BCUT2D eigenvalue weighted by molar-refractivity contribution is -0.138. The van der Waals surface area contributed by atoms with Gasteiger partial charge in [0, 0.05) is 40.8 Å². The summed E-state index contributed by atoms with van der Waals surface area (Å²) in [7, 11) is 0. The number of esters is 2. The van der Waals surface area contributed by atoms with E-state index in [4.69, 9.17) is 18.9 Å². The summed E-state index contributed by atoms with van der Waals surface area (Å²) >= 11 is 0. The number of benzene rings is 4. The van der Waals surface area contributed by atoms with Gasteiger partial charge in [-0.25, -0.2) is 9.59 Å². The van der Waals surface area contributed by atoms with Gasteiger partial charge in [0.05, 0.1) is 26.4 Å². The second-order valence-corrected chi connectivity index (χ2v) is 11.6. The molecule has 0 unspecified atom stereocenters. The first-order valence-corrected chi connectivity index (χ1v) is 17.1. The predicted molar refractivity (Wildman–Crippen MR) is 199 cm³/mol. The molecular weight excluding hydrogens is 624 g/mol. The highest BCUT2D eigenvalue weighted by atomic mass is 16.5. The molecule has 0 N–H and O–H groups in total. The molecule has 256 valence electrons. The number of ether oxygens (including phenoxy) is 4. The van der Waals surface area contributed by atoms with E-state index in [0.717, 1.165) is 89.1 Å². The first-order chi connectivity index (χ1) is 24.5. The monoisotopic (exact) mass is 668 g/mol. The van der Waals surface area contributed by atoms with E-state index in [1.54, 1.807) is 0 Å². The zero-order valence-corrected chi connectivity index (χ0v) is 28.8. The molecule has 0 fully saturated rings. The molecule has 0 aliphatic heterocycles. The Kier molecular flexibility index (Phi) is 15.3. The van der Waals surface area contributed by atoms with Gasteiger partial charge < -0.3 is 18.9 Å². The Hall–Kier alpha value is -5.72. The minimum Gasteiger partial charge on any atom is -0.494 e. The molecule has 50 heavy (non-hydrogen) atoms. The van der Waals surface area contributed by atoms with Crippen LogP contribution in [0.1, 0.15) is 73.3 Å². The molecular formula is C44H44O6. The van der Waals surface area contributed by atoms with E-state index >= 15 is 0 Å². The van der Waals surface area contributed by atoms with E-state index in [2.05, 4.69) is 68.0 Å². The first-order valence-electron chi connectivity index (χ1n) is 17.1. The average Bonchev–Trinajstić information content (AvgIpc) is 3.14. The largest absolute Gasteiger partial charge is 0.494 e. The average molecular weight is 669 g/mol. The van der Waals surface area contributed by atoms with E-state index in [-0.39, 0.29) is 5.97 Å². The van der Waals surface area contributed by atoms with Crippen LogP contribution in [0.2, 0.25) is 0 Å². The Morgan fingerprint density at radius 2 is 1.12 bits per heavy atom. The molecule has 0 bridgehead atoms. The molecule has 0 radical (unpaired) electrons. The Labute approximate surface area is 296 Å². The molecule has 0 saturated carbocycles. The van der Waals surface area contributed by atoms with Crippen LogP contribution < -0.4 is 9.47 Å². The number of hydrogen-bond donors (Lipinski definition) is 0. The predicted octanol–water partition coefficient (Wildman–Crippen LogP) is 8.76. The van der Waals surface area contributed by atoms with E-state index in [0.29, 0.717) is 32.8 Å². The van der Waals surface area contributed by atoms with Crippen molar-refractivity contribution in [1.29, 1.82) is 0 Å². The second-order valence-electron chi connectivity index (χ2n) is 11.6. The summed E-state index contributed by atoms with van der Waals surface area (Å²) in [5.74, 6) is 14.1. The highest BCUT2D eigenvalue weighted by Gasteiger charge is 2.03. The van der Waals surface area contributed by atoms with Gasteiger partial charge in [0.1, 0.15) is 11.5 Å². The normalized spacial score (nSPS) is 10.2. The maximum Gasteiger partial charge on any atom is 0.330 e. The Balaban J connectivity index is 1.29. The van der Waals surface area contributed by atoms with Gasteiger partial charge in [0.25, 0.3) is 0 Å². The van der Waals surface area contributed by atoms with E-state index in [1.165, 1.54) is 11.6 Å². The van der Waals surface area contributed by atoms with Crippen LogP contribution >= 0.6 is 0 Å². The van der Waals surface area contributed by atoms with Crippen molar-refractivity contribution in [3.63, 3.8) is 0 Å². The topological polar surface area (TPSA) is 71.1 Å². The smallest absolute Gasteiger partial charge is 0.330 e. The minimum absolute atomic E-state index is 0.297. The van der Waals surface area contributed by atoms with Crippen LogP contribution in [0.3, 0.4) is 0 Å². The van der Waals surface area contributed by atoms with Crippen LogP contribution in [0.5, 0.6) is 11.5 Å². The molecule has 0 saturated heterocycles. The van der Waals surface area contributed by atoms with Crippen LogP contribution in [0.25, 0.3) is 10.8 Å². The number of unbranched alkanes of at least 4 members (excludes halogenated alkanes) is 3. The van der Waals surface area contributed by atoms with Gasteiger partial charge >= 0.3 is 11.9 Å². The molecule has 0 heterocycles. The van der Waals surface area contributed by atoms with Gasteiger partial charge in [-0.1, -0.05) is 62.3 Å². The zero-order chi connectivity index (χ0) is 35.4. The van der Waals surface area contributed by atoms with E-state index < -0.39 is 5.97 Å². The van der Waals surface area contributed by atoms with Gasteiger partial charge in [0.2, 0.25) is 0 Å². The molecule has 6 heteroatoms. The summed E-state index contributed by atoms with van der Waals surface area (Å²) in [5.41, 5.74) is 5.03. The highest BCUT2D eigenvalue weighted by molar-refractivity contribution is 5.85. The van der Waals surface area contributed by atoms with Crippen molar-refractivity contribution >= 4 is 22.7 Å². The maximum atomic E-state index is 11.1. The Morgan fingerprint density at radius 3 is 1.84 bits per heavy atom. The van der Waals surface area contributed by atoms with Crippen LogP contribution in [0.4, 0.5) is 0 Å². The molecule has 0 aliphatic rings. The number of carbonyl (C=O) groups excluding carboxylic acids is 2. The summed E-state index contributed by atoms with van der Waals surface area (Å²) in [4.78, 5) is 22.2. The van der Waals surface area contributed by atoms with Gasteiger partial charge in [-0.3, -0.25) is 0 Å². The van der Waals surface area contributed by atoms with Crippen molar-refractivity contribution in [3.05, 3.63) is 132 Å². The fraction of sp³-hybridized carbons (Fsp3) is 0.273. The molecule has 0 amide bonds. The standard InChI is InChI=1S/C44H44O6/c1-4-12-38-31-35(13-14-36-17-22-40-33-42(26-23-39(40)32-36)48-29-11-30-50-44(46)6-3)16-21-37(38)20-15-34-18-24-41(25-19-34)47-27-9-7-8-10-28-49-43(45)5-2/h5-6,16-19,21-26,31-33H,2-4,7-12,27-30H2,1H3. The third-order valence-electron chi connectivity index (χ3n) is 7.67. The van der Waals surface area contributed by atoms with E-state index in [9.17, 15) is 9.59 Å². The zero-order valence-electron chi connectivity index (χ0n) is 28.8. The van der Waals surface area contributed by atoms with Gasteiger partial charge in [-0.2, -0.15) is 0 Å². The molecule has 0 atom stereocenters. The van der Waals surface area contributed by atoms with Gasteiger partial charge in [-0.05, 0) is 115 Å². The van der Waals surface area contributed by atoms with Crippen LogP contribution in [0.15, 0.2) is 104 Å². The second kappa shape index (κ2) is 20.6. The molecule has 0 aromatic heterocycles. The highest BCUT2D eigenvalue weighted by Crippen LogP contribution is 2.22. The number of rotatable bonds is 17. The maximum absolute atomic E-state index is 11.1. The fourth-order valence-corrected chi connectivity index (χ4v) is 5.04. The molecule has 4 aromatic carbocycles. The number of hydrogen-bond acceptors (Lipinski definition) is 6. The number of carbonyl (C=O) groups is 2. The quantitative estimate of drug-likeness (QED) is 0.0485. The van der Waals surface area contributed by atoms with Gasteiger partial charge in [0.15, 0.2) is 0 Å². The summed E-state index contributed by atoms with van der Waals surface area (Å²) in [6.45, 7) is 10.8. The Bertz CT molecular complexity index is 1880. The minimum atomic E-state index is -0.424. The van der Waals surface area contributed by atoms with Crippen LogP contribution in [-0.4, -0.2) is 38.4 Å². The number of aryl methyl sites for hydroxylation is 1. The summed E-state index contributed by atoms with van der Waals surface area (Å²) in [6, 6.07) is 26.2. The summed E-state index contributed by atoms with van der Waals surface area (Å²) in [6.07, 6.45) is 8.67. The van der Waals surface area contributed by atoms with Crippen molar-refractivity contribution in [2.75, 3.05) is 26.4 Å². The van der Waals surface area contributed by atoms with Crippen LogP contribution in [0, 0.1) is 23.7 Å². The van der Waals surface area contributed by atoms with Gasteiger partial charge in [-0.15, -0.1) is 0 Å². The summed E-state index contributed by atoms with van der Waals surface area (Å²) < 4.78 is 21.7. The number of fused-ring (bicyclic) bond motifs is 1. The lowest BCUT2D eigenvalue weighted by Crippen LogP contribution is -2.06. The fourth-order valence-electron chi connectivity index (χ4n) is 5.04. The lowest BCUT2D eigenvalue weighted by Gasteiger charge is -2.08.